The van der Waals surface area contributed by atoms with Gasteiger partial charge in [-0.2, -0.15) is 5.10 Å². The molecule has 7 heteroatoms. The average molecular weight is 435 g/mol. The Labute approximate surface area is 185 Å². The molecule has 1 amide bonds. The smallest absolute Gasteiger partial charge is 0.276 e. The molecule has 158 valence electrons. The standard InChI is InChI=1S/C24H23ClN4O2/c1-16-3-6-19(13-17(16)2)21-15-22-24(31)28(11-12-29(22)27-21)10-9-26-23(30)14-18-4-7-20(25)8-5-18/h3-8,11-13,15H,9-10,14H2,1-2H3,(H,26,30). The molecule has 0 aliphatic carbocycles. The molecule has 0 fully saturated rings. The van der Waals surface area contributed by atoms with E-state index >= 15 is 0 Å². The molecule has 0 unspecified atom stereocenters. The second-order valence-electron chi connectivity index (χ2n) is 7.61. The number of rotatable bonds is 6. The molecule has 0 bridgehead atoms. The second-order valence-corrected chi connectivity index (χ2v) is 8.04. The van der Waals surface area contributed by atoms with Crippen molar-refractivity contribution >= 4 is 23.0 Å². The molecule has 2 aromatic carbocycles. The number of carbonyl (C=O) groups excluding carboxylic acids is 1. The SMILES string of the molecule is Cc1ccc(-c2cc3c(=O)n(CCNC(=O)Cc4ccc(Cl)cc4)ccn3n2)cc1C. The summed E-state index contributed by atoms with van der Waals surface area (Å²) >= 11 is 5.87. The van der Waals surface area contributed by atoms with Crippen LogP contribution in [0.4, 0.5) is 0 Å². The van der Waals surface area contributed by atoms with Crippen LogP contribution in [-0.2, 0) is 17.8 Å². The van der Waals surface area contributed by atoms with Gasteiger partial charge in [0.15, 0.2) is 0 Å². The van der Waals surface area contributed by atoms with E-state index in [-0.39, 0.29) is 17.9 Å². The first-order valence-corrected chi connectivity index (χ1v) is 10.5. The van der Waals surface area contributed by atoms with Gasteiger partial charge in [-0.25, -0.2) is 4.52 Å². The third-order valence-corrected chi connectivity index (χ3v) is 5.61. The average Bonchev–Trinajstić information content (AvgIpc) is 3.19. The fourth-order valence-corrected chi connectivity index (χ4v) is 3.54. The summed E-state index contributed by atoms with van der Waals surface area (Å²) in [7, 11) is 0. The number of hydrogen-bond donors (Lipinski definition) is 1. The van der Waals surface area contributed by atoms with Crippen LogP contribution in [0.5, 0.6) is 0 Å². The molecule has 0 radical (unpaired) electrons. The zero-order valence-electron chi connectivity index (χ0n) is 17.4. The zero-order valence-corrected chi connectivity index (χ0v) is 18.2. The Morgan fingerprint density at radius 3 is 2.55 bits per heavy atom. The van der Waals surface area contributed by atoms with E-state index in [2.05, 4.69) is 36.4 Å². The molecule has 6 nitrogen and oxygen atoms in total. The maximum Gasteiger partial charge on any atom is 0.276 e. The molecule has 0 aliphatic heterocycles. The maximum atomic E-state index is 12.9. The van der Waals surface area contributed by atoms with Crippen molar-refractivity contribution in [1.29, 1.82) is 0 Å². The number of halogens is 1. The summed E-state index contributed by atoms with van der Waals surface area (Å²) in [5.41, 5.74) is 5.38. The lowest BCUT2D eigenvalue weighted by Gasteiger charge is -2.08. The Hall–Kier alpha value is -3.38. The highest BCUT2D eigenvalue weighted by Gasteiger charge is 2.10. The lowest BCUT2D eigenvalue weighted by molar-refractivity contribution is -0.120. The fourth-order valence-electron chi connectivity index (χ4n) is 3.41. The number of hydrogen-bond acceptors (Lipinski definition) is 3. The summed E-state index contributed by atoms with van der Waals surface area (Å²) in [5.74, 6) is -0.0992. The largest absolute Gasteiger partial charge is 0.354 e. The van der Waals surface area contributed by atoms with Gasteiger partial charge in [-0.05, 0) is 54.8 Å². The van der Waals surface area contributed by atoms with Gasteiger partial charge in [-0.15, -0.1) is 0 Å². The van der Waals surface area contributed by atoms with Crippen LogP contribution in [0.3, 0.4) is 0 Å². The lowest BCUT2D eigenvalue weighted by atomic mass is 10.0. The van der Waals surface area contributed by atoms with E-state index in [4.69, 9.17) is 11.6 Å². The van der Waals surface area contributed by atoms with Crippen molar-refractivity contribution in [2.45, 2.75) is 26.8 Å². The van der Waals surface area contributed by atoms with Gasteiger partial charge in [-0.3, -0.25) is 9.59 Å². The Bertz CT molecular complexity index is 1310. The van der Waals surface area contributed by atoms with Crippen molar-refractivity contribution in [2.24, 2.45) is 0 Å². The first kappa shape index (κ1) is 20.9. The second kappa shape index (κ2) is 8.78. The minimum absolute atomic E-state index is 0.0992. The Morgan fingerprint density at radius 1 is 1.03 bits per heavy atom. The molecule has 0 atom stereocenters. The molecular formula is C24H23ClN4O2. The van der Waals surface area contributed by atoms with Gasteiger partial charge >= 0.3 is 0 Å². The number of fused-ring (bicyclic) bond motifs is 1. The molecule has 31 heavy (non-hydrogen) atoms. The summed E-state index contributed by atoms with van der Waals surface area (Å²) in [4.78, 5) is 25.0. The fraction of sp³-hybridized carbons (Fsp3) is 0.208. The summed E-state index contributed by atoms with van der Waals surface area (Å²) < 4.78 is 3.19. The number of nitrogens with zero attached hydrogens (tertiary/aromatic N) is 3. The van der Waals surface area contributed by atoms with Crippen molar-refractivity contribution in [3.63, 3.8) is 0 Å². The molecule has 0 saturated carbocycles. The van der Waals surface area contributed by atoms with Gasteiger partial charge in [0.25, 0.3) is 5.56 Å². The highest BCUT2D eigenvalue weighted by atomic mass is 35.5. The van der Waals surface area contributed by atoms with Crippen LogP contribution in [-0.4, -0.2) is 26.6 Å². The van der Waals surface area contributed by atoms with Crippen LogP contribution in [0.1, 0.15) is 16.7 Å². The first-order valence-electron chi connectivity index (χ1n) is 10.1. The van der Waals surface area contributed by atoms with Crippen LogP contribution in [0.2, 0.25) is 5.02 Å². The van der Waals surface area contributed by atoms with Crippen molar-refractivity contribution in [3.8, 4) is 11.3 Å². The molecule has 2 aromatic heterocycles. The zero-order chi connectivity index (χ0) is 22.0. The van der Waals surface area contributed by atoms with E-state index < -0.39 is 0 Å². The van der Waals surface area contributed by atoms with Gasteiger partial charge in [0, 0.05) is 36.1 Å². The van der Waals surface area contributed by atoms with Gasteiger partial charge in [0.1, 0.15) is 5.52 Å². The van der Waals surface area contributed by atoms with Crippen molar-refractivity contribution < 1.29 is 4.79 Å². The predicted octanol–water partition coefficient (Wildman–Crippen LogP) is 3.79. The van der Waals surface area contributed by atoms with Crippen molar-refractivity contribution in [2.75, 3.05) is 6.54 Å². The summed E-state index contributed by atoms with van der Waals surface area (Å²) in [5, 5.41) is 8.04. The normalized spacial score (nSPS) is 11.1. The number of carbonyl (C=O) groups is 1. The van der Waals surface area contributed by atoms with E-state index in [1.165, 1.54) is 11.1 Å². The summed E-state index contributed by atoms with van der Waals surface area (Å²) in [6.45, 7) is 4.87. The molecule has 4 rings (SSSR count). The molecule has 1 N–H and O–H groups in total. The van der Waals surface area contributed by atoms with Crippen molar-refractivity contribution in [1.82, 2.24) is 19.5 Å². The summed E-state index contributed by atoms with van der Waals surface area (Å²) in [6.07, 6.45) is 3.72. The number of aryl methyl sites for hydroxylation is 2. The van der Waals surface area contributed by atoms with Gasteiger partial charge < -0.3 is 9.88 Å². The van der Waals surface area contributed by atoms with E-state index in [1.54, 1.807) is 33.6 Å². The monoisotopic (exact) mass is 434 g/mol. The van der Waals surface area contributed by atoms with Gasteiger partial charge in [-0.1, -0.05) is 35.9 Å². The number of aromatic nitrogens is 3. The topological polar surface area (TPSA) is 68.4 Å². The van der Waals surface area contributed by atoms with Crippen molar-refractivity contribution in [3.05, 3.63) is 93.0 Å². The molecule has 0 saturated heterocycles. The van der Waals surface area contributed by atoms with Crippen LogP contribution >= 0.6 is 11.6 Å². The first-order chi connectivity index (χ1) is 14.9. The maximum absolute atomic E-state index is 12.9. The highest BCUT2D eigenvalue weighted by molar-refractivity contribution is 6.30. The van der Waals surface area contributed by atoms with E-state index in [0.29, 0.717) is 23.6 Å². The Morgan fingerprint density at radius 2 is 1.81 bits per heavy atom. The number of amides is 1. The van der Waals surface area contributed by atoms with Crippen LogP contribution < -0.4 is 10.9 Å². The quantitative estimate of drug-likeness (QED) is 0.502. The predicted molar refractivity (Wildman–Crippen MR) is 123 cm³/mol. The molecule has 2 heterocycles. The Balaban J connectivity index is 1.44. The summed E-state index contributed by atoms with van der Waals surface area (Å²) in [6, 6.07) is 15.1. The minimum Gasteiger partial charge on any atom is -0.354 e. The van der Waals surface area contributed by atoms with E-state index in [9.17, 15) is 9.59 Å². The lowest BCUT2D eigenvalue weighted by Crippen LogP contribution is -2.32. The third-order valence-electron chi connectivity index (χ3n) is 5.36. The molecule has 0 aliphatic rings. The minimum atomic E-state index is -0.142. The van der Waals surface area contributed by atoms with Crippen LogP contribution in [0.15, 0.2) is 65.7 Å². The molecule has 0 spiro atoms. The molecular weight excluding hydrogens is 412 g/mol. The Kier molecular flexibility index (Phi) is 5.91. The molecule has 4 aromatic rings. The number of benzene rings is 2. The van der Waals surface area contributed by atoms with E-state index in [1.807, 2.05) is 24.3 Å². The van der Waals surface area contributed by atoms with E-state index in [0.717, 1.165) is 16.8 Å². The van der Waals surface area contributed by atoms with Crippen LogP contribution in [0.25, 0.3) is 16.8 Å². The van der Waals surface area contributed by atoms with Gasteiger partial charge in [0.05, 0.1) is 12.1 Å². The number of nitrogens with one attached hydrogen (secondary N) is 1. The van der Waals surface area contributed by atoms with Crippen LogP contribution in [0, 0.1) is 13.8 Å². The highest BCUT2D eigenvalue weighted by Crippen LogP contribution is 2.21. The van der Waals surface area contributed by atoms with Gasteiger partial charge in [0.2, 0.25) is 5.91 Å². The third kappa shape index (κ3) is 4.70.